The minimum absolute atomic E-state index is 0.106. The van der Waals surface area contributed by atoms with E-state index in [1.54, 1.807) is 30.3 Å². The molecule has 2 rings (SSSR count). The number of aryl methyl sites for hydroxylation is 1. The number of hydrogen-bond donors (Lipinski definition) is 1. The smallest absolute Gasteiger partial charge is 0.148 e. The zero-order valence-corrected chi connectivity index (χ0v) is 11.3. The Balaban J connectivity index is 2.35. The lowest BCUT2D eigenvalue weighted by Gasteiger charge is -2.01. The molecule has 0 unspecified atom stereocenters. The molecule has 0 aliphatic rings. The van der Waals surface area contributed by atoms with Crippen LogP contribution < -0.4 is 0 Å². The van der Waals surface area contributed by atoms with Crippen LogP contribution in [0.25, 0.3) is 0 Å². The van der Waals surface area contributed by atoms with Crippen molar-refractivity contribution < 1.29 is 9.50 Å². The lowest BCUT2D eigenvalue weighted by atomic mass is 10.2. The van der Waals surface area contributed by atoms with E-state index in [9.17, 15) is 9.50 Å². The van der Waals surface area contributed by atoms with Crippen LogP contribution in [0.4, 0.5) is 10.1 Å². The SMILES string of the molecule is Cc1ccc(F)c(N=Cc2cc(Br)ccc2O)c1. The summed E-state index contributed by atoms with van der Waals surface area (Å²) in [5.41, 5.74) is 1.72. The van der Waals surface area contributed by atoms with E-state index in [2.05, 4.69) is 20.9 Å². The van der Waals surface area contributed by atoms with Crippen molar-refractivity contribution in [2.45, 2.75) is 6.92 Å². The maximum atomic E-state index is 13.5. The van der Waals surface area contributed by atoms with Crippen molar-refractivity contribution in [3.8, 4) is 5.75 Å². The van der Waals surface area contributed by atoms with E-state index in [4.69, 9.17) is 0 Å². The Morgan fingerprint density at radius 3 is 2.78 bits per heavy atom. The van der Waals surface area contributed by atoms with Gasteiger partial charge in [0.15, 0.2) is 0 Å². The second kappa shape index (κ2) is 5.31. The highest BCUT2D eigenvalue weighted by molar-refractivity contribution is 9.10. The quantitative estimate of drug-likeness (QED) is 0.822. The van der Waals surface area contributed by atoms with Crippen molar-refractivity contribution >= 4 is 27.8 Å². The predicted octanol–water partition coefficient (Wildman–Crippen LogP) is 4.35. The van der Waals surface area contributed by atoms with Crippen molar-refractivity contribution in [3.05, 3.63) is 57.8 Å². The summed E-state index contributed by atoms with van der Waals surface area (Å²) in [6.07, 6.45) is 1.44. The predicted molar refractivity (Wildman–Crippen MR) is 74.2 cm³/mol. The second-order valence-corrected chi connectivity index (χ2v) is 4.83. The fourth-order valence-electron chi connectivity index (χ4n) is 1.49. The van der Waals surface area contributed by atoms with Crippen molar-refractivity contribution in [2.24, 2.45) is 4.99 Å². The normalized spacial score (nSPS) is 11.1. The van der Waals surface area contributed by atoms with Gasteiger partial charge >= 0.3 is 0 Å². The van der Waals surface area contributed by atoms with Gasteiger partial charge in [0, 0.05) is 16.3 Å². The van der Waals surface area contributed by atoms with E-state index in [1.165, 1.54) is 12.3 Å². The molecular formula is C14H11BrFNO. The molecule has 0 radical (unpaired) electrons. The lowest BCUT2D eigenvalue weighted by Crippen LogP contribution is -1.84. The molecular weight excluding hydrogens is 297 g/mol. The van der Waals surface area contributed by atoms with E-state index in [-0.39, 0.29) is 17.3 Å². The Kier molecular flexibility index (Phi) is 3.77. The number of benzene rings is 2. The molecule has 2 aromatic rings. The van der Waals surface area contributed by atoms with Crippen LogP contribution >= 0.6 is 15.9 Å². The summed E-state index contributed by atoms with van der Waals surface area (Å²) in [7, 11) is 0. The van der Waals surface area contributed by atoms with Gasteiger partial charge in [-0.2, -0.15) is 0 Å². The highest BCUT2D eigenvalue weighted by Crippen LogP contribution is 2.23. The second-order valence-electron chi connectivity index (χ2n) is 3.92. The van der Waals surface area contributed by atoms with Crippen molar-refractivity contribution in [1.29, 1.82) is 0 Å². The maximum absolute atomic E-state index is 13.5. The number of nitrogens with zero attached hydrogens (tertiary/aromatic N) is 1. The number of hydrogen-bond acceptors (Lipinski definition) is 2. The Labute approximate surface area is 113 Å². The van der Waals surface area contributed by atoms with Crippen molar-refractivity contribution in [2.75, 3.05) is 0 Å². The highest BCUT2D eigenvalue weighted by Gasteiger charge is 2.02. The summed E-state index contributed by atoms with van der Waals surface area (Å²) in [5, 5.41) is 9.63. The zero-order chi connectivity index (χ0) is 13.1. The van der Waals surface area contributed by atoms with Gasteiger partial charge in [-0.05, 0) is 42.8 Å². The molecule has 0 aromatic heterocycles. The molecule has 0 aliphatic heterocycles. The van der Waals surface area contributed by atoms with Crippen LogP contribution in [-0.4, -0.2) is 11.3 Å². The standard InChI is InChI=1S/C14H11BrFNO/c1-9-2-4-12(16)13(6-9)17-8-10-7-11(15)3-5-14(10)18/h2-8,18H,1H3. The van der Waals surface area contributed by atoms with E-state index < -0.39 is 0 Å². The van der Waals surface area contributed by atoms with Crippen LogP contribution in [0.1, 0.15) is 11.1 Å². The third kappa shape index (κ3) is 2.96. The van der Waals surface area contributed by atoms with Gasteiger partial charge in [-0.15, -0.1) is 0 Å². The van der Waals surface area contributed by atoms with Gasteiger partial charge in [0.1, 0.15) is 11.6 Å². The molecule has 0 aliphatic carbocycles. The largest absolute Gasteiger partial charge is 0.507 e. The van der Waals surface area contributed by atoms with Crippen molar-refractivity contribution in [1.82, 2.24) is 0 Å². The Morgan fingerprint density at radius 1 is 1.22 bits per heavy atom. The molecule has 0 bridgehead atoms. The first-order valence-corrected chi connectivity index (χ1v) is 6.14. The van der Waals surface area contributed by atoms with Crippen LogP contribution in [0.3, 0.4) is 0 Å². The third-order valence-electron chi connectivity index (χ3n) is 2.43. The molecule has 92 valence electrons. The Bertz CT molecular complexity index is 557. The molecule has 0 amide bonds. The monoisotopic (exact) mass is 307 g/mol. The minimum Gasteiger partial charge on any atom is -0.507 e. The van der Waals surface area contributed by atoms with E-state index in [0.29, 0.717) is 5.56 Å². The molecule has 0 heterocycles. The van der Waals surface area contributed by atoms with E-state index in [1.807, 2.05) is 6.92 Å². The summed E-state index contributed by atoms with van der Waals surface area (Å²) in [6.45, 7) is 1.87. The van der Waals surface area contributed by atoms with Crippen LogP contribution in [0, 0.1) is 12.7 Å². The molecule has 0 saturated carbocycles. The molecule has 0 fully saturated rings. The summed E-state index contributed by atoms with van der Waals surface area (Å²) in [5.74, 6) is -0.277. The maximum Gasteiger partial charge on any atom is 0.148 e. The minimum atomic E-state index is -0.383. The van der Waals surface area contributed by atoms with Gasteiger partial charge in [-0.3, -0.25) is 4.99 Å². The zero-order valence-electron chi connectivity index (χ0n) is 9.69. The van der Waals surface area contributed by atoms with E-state index >= 15 is 0 Å². The number of phenolic OH excluding ortho intramolecular Hbond substituents is 1. The lowest BCUT2D eigenvalue weighted by molar-refractivity contribution is 0.474. The molecule has 2 aromatic carbocycles. The van der Waals surface area contributed by atoms with Gasteiger partial charge in [0.2, 0.25) is 0 Å². The number of rotatable bonds is 2. The molecule has 4 heteroatoms. The van der Waals surface area contributed by atoms with Gasteiger partial charge in [0.05, 0.1) is 5.69 Å². The Morgan fingerprint density at radius 2 is 2.00 bits per heavy atom. The third-order valence-corrected chi connectivity index (χ3v) is 2.93. The highest BCUT2D eigenvalue weighted by atomic mass is 79.9. The van der Waals surface area contributed by atoms with Gasteiger partial charge in [-0.1, -0.05) is 22.0 Å². The topological polar surface area (TPSA) is 32.6 Å². The number of phenols is 1. The summed E-state index contributed by atoms with van der Waals surface area (Å²) >= 11 is 3.30. The molecule has 1 N–H and O–H groups in total. The van der Waals surface area contributed by atoms with Crippen LogP contribution in [0.5, 0.6) is 5.75 Å². The molecule has 0 saturated heterocycles. The molecule has 18 heavy (non-hydrogen) atoms. The number of aromatic hydroxyl groups is 1. The van der Waals surface area contributed by atoms with Crippen LogP contribution in [-0.2, 0) is 0 Å². The summed E-state index contributed by atoms with van der Waals surface area (Å²) < 4.78 is 14.3. The average molecular weight is 308 g/mol. The molecule has 2 nitrogen and oxygen atoms in total. The van der Waals surface area contributed by atoms with Gasteiger partial charge in [0.25, 0.3) is 0 Å². The summed E-state index contributed by atoms with van der Waals surface area (Å²) in [6, 6.07) is 9.71. The van der Waals surface area contributed by atoms with E-state index in [0.717, 1.165) is 10.0 Å². The first-order valence-electron chi connectivity index (χ1n) is 5.35. The first kappa shape index (κ1) is 12.8. The van der Waals surface area contributed by atoms with Gasteiger partial charge < -0.3 is 5.11 Å². The summed E-state index contributed by atoms with van der Waals surface area (Å²) in [4.78, 5) is 4.06. The molecule has 0 spiro atoms. The fraction of sp³-hybridized carbons (Fsp3) is 0.0714. The van der Waals surface area contributed by atoms with Crippen LogP contribution in [0.15, 0.2) is 45.9 Å². The van der Waals surface area contributed by atoms with Crippen molar-refractivity contribution in [3.63, 3.8) is 0 Å². The fourth-order valence-corrected chi connectivity index (χ4v) is 1.87. The number of halogens is 2. The average Bonchev–Trinajstić information content (AvgIpc) is 2.34. The first-order chi connectivity index (χ1) is 8.56. The molecule has 0 atom stereocenters. The number of aliphatic imine (C=N–C) groups is 1. The van der Waals surface area contributed by atoms with Gasteiger partial charge in [-0.25, -0.2) is 4.39 Å². The Hall–Kier alpha value is -1.68. The van der Waals surface area contributed by atoms with Crippen LogP contribution in [0.2, 0.25) is 0 Å².